The van der Waals surface area contributed by atoms with Gasteiger partial charge in [-0.15, -0.1) is 0 Å². The van der Waals surface area contributed by atoms with Gasteiger partial charge in [0, 0.05) is 12.6 Å². The van der Waals surface area contributed by atoms with Crippen molar-refractivity contribution < 1.29 is 9.32 Å². The van der Waals surface area contributed by atoms with Crippen LogP contribution in [0.25, 0.3) is 0 Å². The summed E-state index contributed by atoms with van der Waals surface area (Å²) >= 11 is 0. The van der Waals surface area contributed by atoms with Crippen molar-refractivity contribution in [2.24, 2.45) is 0 Å². The maximum atomic E-state index is 12.1. The lowest BCUT2D eigenvalue weighted by Gasteiger charge is -2.35. The minimum atomic E-state index is -0.0302. The van der Waals surface area contributed by atoms with Crippen LogP contribution in [0.2, 0.25) is 0 Å². The van der Waals surface area contributed by atoms with Gasteiger partial charge in [-0.3, -0.25) is 0 Å². The van der Waals surface area contributed by atoms with Crippen LogP contribution >= 0.6 is 0 Å². The topological polar surface area (TPSA) is 71.3 Å². The highest BCUT2D eigenvalue weighted by Crippen LogP contribution is 2.19. The number of carbonyl (C=O) groups is 1. The number of hydrogen-bond donors (Lipinski definition) is 1. The second-order valence-corrected chi connectivity index (χ2v) is 4.65. The molecule has 1 aliphatic heterocycles. The molecule has 0 radical (unpaired) electrons. The zero-order valence-electron chi connectivity index (χ0n) is 11.0. The quantitative estimate of drug-likeness (QED) is 0.891. The summed E-state index contributed by atoms with van der Waals surface area (Å²) in [7, 11) is 0. The number of likely N-dealkylation sites (tertiary alicyclic amines) is 1. The predicted molar refractivity (Wildman–Crippen MR) is 65.9 cm³/mol. The maximum Gasteiger partial charge on any atom is 0.318 e. The fourth-order valence-corrected chi connectivity index (χ4v) is 2.36. The highest BCUT2D eigenvalue weighted by Gasteiger charge is 2.25. The second kappa shape index (κ2) is 5.84. The van der Waals surface area contributed by atoms with Crippen molar-refractivity contribution >= 4 is 6.03 Å². The number of aryl methyl sites for hydroxylation is 1. The van der Waals surface area contributed by atoms with Crippen molar-refractivity contribution in [3.63, 3.8) is 0 Å². The lowest BCUT2D eigenvalue weighted by molar-refractivity contribution is 0.147. The number of hydrogen-bond acceptors (Lipinski definition) is 4. The Morgan fingerprint density at radius 3 is 3.06 bits per heavy atom. The average Bonchev–Trinajstić information content (AvgIpc) is 2.81. The van der Waals surface area contributed by atoms with E-state index in [2.05, 4.69) is 22.4 Å². The van der Waals surface area contributed by atoms with E-state index in [4.69, 9.17) is 4.52 Å². The third kappa shape index (κ3) is 3.00. The molecule has 1 saturated heterocycles. The van der Waals surface area contributed by atoms with Crippen molar-refractivity contribution in [3.8, 4) is 0 Å². The molecule has 6 nitrogen and oxygen atoms in total. The molecule has 0 aliphatic carbocycles. The van der Waals surface area contributed by atoms with Crippen molar-refractivity contribution in [2.75, 3.05) is 6.54 Å². The van der Waals surface area contributed by atoms with Gasteiger partial charge in [0.25, 0.3) is 0 Å². The van der Waals surface area contributed by atoms with Crippen LogP contribution in [0.4, 0.5) is 4.79 Å². The lowest BCUT2D eigenvalue weighted by atomic mass is 10.0. The molecule has 6 heteroatoms. The highest BCUT2D eigenvalue weighted by atomic mass is 16.5. The van der Waals surface area contributed by atoms with Crippen LogP contribution in [0.15, 0.2) is 4.52 Å². The van der Waals surface area contributed by atoms with E-state index < -0.39 is 0 Å². The first-order valence-corrected chi connectivity index (χ1v) is 6.54. The fourth-order valence-electron chi connectivity index (χ4n) is 2.36. The molecule has 2 rings (SSSR count). The van der Waals surface area contributed by atoms with Crippen LogP contribution in [0.5, 0.6) is 0 Å². The zero-order valence-corrected chi connectivity index (χ0v) is 11.0. The fraction of sp³-hybridized carbons (Fsp3) is 0.750. The maximum absolute atomic E-state index is 12.1. The van der Waals surface area contributed by atoms with Crippen LogP contribution in [0.1, 0.15) is 44.3 Å². The molecule has 100 valence electrons. The predicted octanol–water partition coefficient (Wildman–Crippen LogP) is 1.85. The molecular formula is C12H20N4O2. The summed E-state index contributed by atoms with van der Waals surface area (Å²) in [6, 6.07) is 0.334. The molecular weight excluding hydrogens is 232 g/mol. The van der Waals surface area contributed by atoms with Gasteiger partial charge in [0.1, 0.15) is 0 Å². The molecule has 1 N–H and O–H groups in total. The SMILES string of the molecule is CCC1CCCCN1C(=O)NCc1nc(C)no1. The zero-order chi connectivity index (χ0) is 13.0. The van der Waals surface area contributed by atoms with Crippen LogP contribution in [-0.2, 0) is 6.54 Å². The van der Waals surface area contributed by atoms with E-state index in [1.165, 1.54) is 6.42 Å². The van der Waals surface area contributed by atoms with Gasteiger partial charge in [0.2, 0.25) is 5.89 Å². The number of nitrogens with one attached hydrogen (secondary N) is 1. The van der Waals surface area contributed by atoms with Crippen molar-refractivity contribution in [3.05, 3.63) is 11.7 Å². The molecule has 1 fully saturated rings. The van der Waals surface area contributed by atoms with Gasteiger partial charge >= 0.3 is 6.03 Å². The first kappa shape index (κ1) is 12.9. The number of aromatic nitrogens is 2. The molecule has 0 bridgehead atoms. The largest absolute Gasteiger partial charge is 0.337 e. The lowest BCUT2D eigenvalue weighted by Crippen LogP contribution is -2.48. The number of piperidine rings is 1. The minimum absolute atomic E-state index is 0.0302. The van der Waals surface area contributed by atoms with Gasteiger partial charge in [0.05, 0.1) is 6.54 Å². The molecule has 0 saturated carbocycles. The number of rotatable bonds is 3. The average molecular weight is 252 g/mol. The molecule has 1 aromatic rings. The van der Waals surface area contributed by atoms with E-state index in [9.17, 15) is 4.79 Å². The Kier molecular flexibility index (Phi) is 4.17. The molecule has 1 atom stereocenters. The summed E-state index contributed by atoms with van der Waals surface area (Å²) < 4.78 is 4.96. The summed E-state index contributed by atoms with van der Waals surface area (Å²) in [6.07, 6.45) is 4.41. The first-order chi connectivity index (χ1) is 8.70. The Labute approximate surface area is 107 Å². The summed E-state index contributed by atoms with van der Waals surface area (Å²) in [4.78, 5) is 18.1. The molecule has 1 aliphatic rings. The minimum Gasteiger partial charge on any atom is -0.337 e. The van der Waals surface area contributed by atoms with Gasteiger partial charge in [-0.05, 0) is 32.6 Å². The Morgan fingerprint density at radius 1 is 1.56 bits per heavy atom. The number of nitrogens with zero attached hydrogens (tertiary/aromatic N) is 3. The monoisotopic (exact) mass is 252 g/mol. The van der Waals surface area contributed by atoms with Gasteiger partial charge in [-0.25, -0.2) is 4.79 Å². The highest BCUT2D eigenvalue weighted by molar-refractivity contribution is 5.74. The van der Waals surface area contributed by atoms with Gasteiger partial charge in [-0.2, -0.15) is 4.98 Å². The van der Waals surface area contributed by atoms with E-state index in [-0.39, 0.29) is 6.03 Å². The van der Waals surface area contributed by atoms with Crippen molar-refractivity contribution in [1.29, 1.82) is 0 Å². The number of urea groups is 1. The standard InChI is InChI=1S/C12H20N4O2/c1-3-10-6-4-5-7-16(10)12(17)13-8-11-14-9(2)15-18-11/h10H,3-8H2,1-2H3,(H,13,17). The van der Waals surface area contributed by atoms with Crippen LogP contribution in [-0.4, -0.2) is 33.7 Å². The number of amides is 2. The number of carbonyl (C=O) groups excluding carboxylic acids is 1. The van der Waals surface area contributed by atoms with Gasteiger partial charge in [0.15, 0.2) is 5.82 Å². The summed E-state index contributed by atoms with van der Waals surface area (Å²) in [5.74, 6) is 1.04. The van der Waals surface area contributed by atoms with Crippen molar-refractivity contribution in [1.82, 2.24) is 20.4 Å². The summed E-state index contributed by atoms with van der Waals surface area (Å²) in [5, 5.41) is 6.52. The third-order valence-electron chi connectivity index (χ3n) is 3.32. The van der Waals surface area contributed by atoms with Crippen LogP contribution in [0, 0.1) is 6.92 Å². The first-order valence-electron chi connectivity index (χ1n) is 6.54. The molecule has 1 aromatic heterocycles. The van der Waals surface area contributed by atoms with E-state index in [1.807, 2.05) is 4.90 Å². The van der Waals surface area contributed by atoms with Gasteiger partial charge < -0.3 is 14.7 Å². The third-order valence-corrected chi connectivity index (χ3v) is 3.32. The smallest absolute Gasteiger partial charge is 0.318 e. The van der Waals surface area contributed by atoms with Gasteiger partial charge in [-0.1, -0.05) is 12.1 Å². The van der Waals surface area contributed by atoms with Crippen LogP contribution < -0.4 is 5.32 Å². The summed E-state index contributed by atoms with van der Waals surface area (Å²) in [6.45, 7) is 5.02. The van der Waals surface area contributed by atoms with E-state index in [1.54, 1.807) is 6.92 Å². The Balaban J connectivity index is 1.86. The second-order valence-electron chi connectivity index (χ2n) is 4.65. The molecule has 18 heavy (non-hydrogen) atoms. The van der Waals surface area contributed by atoms with Crippen molar-refractivity contribution in [2.45, 2.75) is 52.1 Å². The van der Waals surface area contributed by atoms with E-state index >= 15 is 0 Å². The summed E-state index contributed by atoms with van der Waals surface area (Å²) in [5.41, 5.74) is 0. The normalized spacial score (nSPS) is 19.9. The van der Waals surface area contributed by atoms with Crippen LogP contribution in [0.3, 0.4) is 0 Å². The molecule has 2 amide bonds. The Hall–Kier alpha value is -1.59. The van der Waals surface area contributed by atoms with E-state index in [0.29, 0.717) is 24.3 Å². The molecule has 0 aromatic carbocycles. The Bertz CT molecular complexity index is 405. The van der Waals surface area contributed by atoms with E-state index in [0.717, 1.165) is 25.8 Å². The molecule has 1 unspecified atom stereocenters. The molecule has 2 heterocycles. The molecule has 0 spiro atoms. The Morgan fingerprint density at radius 2 is 2.39 bits per heavy atom.